The van der Waals surface area contributed by atoms with E-state index in [0.717, 1.165) is 53.9 Å². The van der Waals surface area contributed by atoms with E-state index in [1.54, 1.807) is 23.1 Å². The summed E-state index contributed by atoms with van der Waals surface area (Å²) in [5.41, 5.74) is 1.22. The Bertz CT molecular complexity index is 882. The van der Waals surface area contributed by atoms with Crippen molar-refractivity contribution in [1.29, 1.82) is 0 Å². The Hall–Kier alpha value is -1.34. The molecule has 0 aliphatic heterocycles. The molecular weight excluding hydrogens is 390 g/mol. The van der Waals surface area contributed by atoms with Gasteiger partial charge in [0.1, 0.15) is 10.7 Å². The number of hydrogen-bond donors (Lipinski definition) is 2. The second kappa shape index (κ2) is 9.44. The summed E-state index contributed by atoms with van der Waals surface area (Å²) >= 11 is 3.34. The van der Waals surface area contributed by atoms with E-state index in [4.69, 9.17) is 0 Å². The highest BCUT2D eigenvalue weighted by molar-refractivity contribution is 7.98. The van der Waals surface area contributed by atoms with Crippen LogP contribution in [0.25, 0.3) is 10.2 Å². The first-order valence-corrected chi connectivity index (χ1v) is 12.6. The summed E-state index contributed by atoms with van der Waals surface area (Å²) in [6.45, 7) is 0. The number of thioether (sulfide) groups is 1. The maximum absolute atomic E-state index is 12.5. The molecule has 2 aliphatic carbocycles. The lowest BCUT2D eigenvalue weighted by atomic mass is 9.97. The van der Waals surface area contributed by atoms with E-state index in [2.05, 4.69) is 15.3 Å². The highest BCUT2D eigenvalue weighted by Gasteiger charge is 2.21. The Balaban J connectivity index is 1.25. The molecule has 0 spiro atoms. The fraction of sp³-hybridized carbons (Fsp3) is 0.667. The number of H-pyrrole nitrogens is 1. The van der Waals surface area contributed by atoms with Gasteiger partial charge in [-0.1, -0.05) is 32.1 Å². The number of aromatic nitrogens is 2. The van der Waals surface area contributed by atoms with E-state index in [0.29, 0.717) is 18.2 Å². The standard InChI is InChI=1S/C21H29N3O2S2/c25-18(22-14-7-4-2-1-3-5-8-14)11-12-27-13-17-23-20(26)19-15-9-6-10-16(15)28-21(19)24-17/h14H,1-13H2,(H,22,25)(H,23,24,26). The Morgan fingerprint density at radius 1 is 1.14 bits per heavy atom. The van der Waals surface area contributed by atoms with Crippen molar-refractivity contribution >= 4 is 39.2 Å². The van der Waals surface area contributed by atoms with Crippen LogP contribution in [0.4, 0.5) is 0 Å². The molecule has 1 saturated carbocycles. The van der Waals surface area contributed by atoms with Crippen LogP contribution in [0.5, 0.6) is 0 Å². The van der Waals surface area contributed by atoms with Gasteiger partial charge in [-0.25, -0.2) is 4.98 Å². The second-order valence-electron chi connectivity index (χ2n) is 7.96. The van der Waals surface area contributed by atoms with Crippen LogP contribution in [-0.2, 0) is 23.4 Å². The molecule has 1 fully saturated rings. The van der Waals surface area contributed by atoms with E-state index >= 15 is 0 Å². The average molecular weight is 420 g/mol. The fourth-order valence-corrected chi connectivity index (χ4v) is 6.43. The number of thiophene rings is 1. The second-order valence-corrected chi connectivity index (χ2v) is 10.2. The fourth-order valence-electron chi connectivity index (χ4n) is 4.35. The molecule has 7 heteroatoms. The quantitative estimate of drug-likeness (QED) is 0.684. The SMILES string of the molecule is O=C(CCSCc1nc2sc3c(c2c(=O)[nH]1)CCC3)NC1CCCCCCC1. The van der Waals surface area contributed by atoms with Crippen LogP contribution in [-0.4, -0.2) is 27.7 Å². The van der Waals surface area contributed by atoms with Crippen molar-refractivity contribution in [2.45, 2.75) is 82.4 Å². The van der Waals surface area contributed by atoms with E-state index in [1.807, 2.05) is 0 Å². The van der Waals surface area contributed by atoms with Crippen molar-refractivity contribution in [2.75, 3.05) is 5.75 Å². The molecule has 2 heterocycles. The molecule has 2 aromatic rings. The summed E-state index contributed by atoms with van der Waals surface area (Å²) in [6.07, 6.45) is 12.4. The molecule has 2 aromatic heterocycles. The van der Waals surface area contributed by atoms with Gasteiger partial charge in [0.25, 0.3) is 5.56 Å². The van der Waals surface area contributed by atoms with Gasteiger partial charge in [0, 0.05) is 23.1 Å². The predicted octanol–water partition coefficient (Wildman–Crippen LogP) is 4.33. The Labute approximate surface area is 174 Å². The lowest BCUT2D eigenvalue weighted by molar-refractivity contribution is -0.121. The number of hydrogen-bond acceptors (Lipinski definition) is 5. The normalized spacial score (nSPS) is 18.0. The molecule has 0 atom stereocenters. The molecule has 2 aliphatic rings. The molecule has 0 unspecified atom stereocenters. The van der Waals surface area contributed by atoms with Gasteiger partial charge in [-0.3, -0.25) is 9.59 Å². The van der Waals surface area contributed by atoms with Gasteiger partial charge in [0.05, 0.1) is 11.1 Å². The van der Waals surface area contributed by atoms with Crippen LogP contribution in [0.15, 0.2) is 4.79 Å². The third-order valence-electron chi connectivity index (χ3n) is 5.81. The smallest absolute Gasteiger partial charge is 0.259 e. The number of aryl methyl sites for hydroxylation is 2. The first kappa shape index (κ1) is 20.0. The molecular formula is C21H29N3O2S2. The van der Waals surface area contributed by atoms with E-state index < -0.39 is 0 Å². The summed E-state index contributed by atoms with van der Waals surface area (Å²) in [7, 11) is 0. The molecule has 0 aromatic carbocycles. The number of nitrogens with one attached hydrogen (secondary N) is 2. The van der Waals surface area contributed by atoms with Crippen LogP contribution in [0.3, 0.4) is 0 Å². The monoisotopic (exact) mass is 419 g/mol. The lowest BCUT2D eigenvalue weighted by Crippen LogP contribution is -2.35. The summed E-state index contributed by atoms with van der Waals surface area (Å²) < 4.78 is 0. The number of aromatic amines is 1. The molecule has 0 radical (unpaired) electrons. The first-order chi connectivity index (χ1) is 13.7. The summed E-state index contributed by atoms with van der Waals surface area (Å²) in [5.74, 6) is 2.28. The van der Waals surface area contributed by atoms with Crippen LogP contribution < -0.4 is 10.9 Å². The number of nitrogens with zero attached hydrogens (tertiary/aromatic N) is 1. The zero-order valence-electron chi connectivity index (χ0n) is 16.3. The van der Waals surface area contributed by atoms with E-state index in [-0.39, 0.29) is 11.5 Å². The number of rotatable bonds is 6. The van der Waals surface area contributed by atoms with Gasteiger partial charge in [0.2, 0.25) is 5.91 Å². The summed E-state index contributed by atoms with van der Waals surface area (Å²) in [4.78, 5) is 34.5. The zero-order chi connectivity index (χ0) is 19.3. The maximum Gasteiger partial charge on any atom is 0.259 e. The van der Waals surface area contributed by atoms with Gasteiger partial charge in [-0.15, -0.1) is 11.3 Å². The molecule has 5 nitrogen and oxygen atoms in total. The number of carbonyl (C=O) groups is 1. The molecule has 4 rings (SSSR count). The van der Waals surface area contributed by atoms with Crippen molar-refractivity contribution in [3.8, 4) is 0 Å². The van der Waals surface area contributed by atoms with Gasteiger partial charge in [-0.2, -0.15) is 11.8 Å². The van der Waals surface area contributed by atoms with Gasteiger partial charge < -0.3 is 10.3 Å². The average Bonchev–Trinajstić information content (AvgIpc) is 3.21. The Kier molecular flexibility index (Phi) is 6.73. The van der Waals surface area contributed by atoms with Gasteiger partial charge >= 0.3 is 0 Å². The van der Waals surface area contributed by atoms with E-state index in [1.165, 1.54) is 42.5 Å². The third kappa shape index (κ3) is 4.79. The first-order valence-electron chi connectivity index (χ1n) is 10.6. The molecule has 1 amide bonds. The van der Waals surface area contributed by atoms with Crippen molar-refractivity contribution in [1.82, 2.24) is 15.3 Å². The van der Waals surface area contributed by atoms with Gasteiger partial charge in [-0.05, 0) is 37.7 Å². The Morgan fingerprint density at radius 2 is 1.93 bits per heavy atom. The number of amides is 1. The van der Waals surface area contributed by atoms with Crippen LogP contribution in [0, 0.1) is 0 Å². The van der Waals surface area contributed by atoms with E-state index in [9.17, 15) is 9.59 Å². The summed E-state index contributed by atoms with van der Waals surface area (Å²) in [6, 6.07) is 0.360. The number of carbonyl (C=O) groups excluding carboxylic acids is 1. The highest BCUT2D eigenvalue weighted by Crippen LogP contribution is 2.34. The van der Waals surface area contributed by atoms with Crippen LogP contribution in [0.1, 0.15) is 74.1 Å². The lowest BCUT2D eigenvalue weighted by Gasteiger charge is -2.21. The van der Waals surface area contributed by atoms with Crippen molar-refractivity contribution in [3.63, 3.8) is 0 Å². The molecule has 0 bridgehead atoms. The molecule has 28 heavy (non-hydrogen) atoms. The van der Waals surface area contributed by atoms with Crippen molar-refractivity contribution in [3.05, 3.63) is 26.6 Å². The minimum atomic E-state index is 0.00187. The molecule has 0 saturated heterocycles. The van der Waals surface area contributed by atoms with Crippen molar-refractivity contribution in [2.24, 2.45) is 0 Å². The number of fused-ring (bicyclic) bond motifs is 3. The summed E-state index contributed by atoms with van der Waals surface area (Å²) in [5, 5.41) is 4.03. The Morgan fingerprint density at radius 3 is 2.75 bits per heavy atom. The third-order valence-corrected chi connectivity index (χ3v) is 7.96. The zero-order valence-corrected chi connectivity index (χ0v) is 18.0. The van der Waals surface area contributed by atoms with Crippen LogP contribution in [0.2, 0.25) is 0 Å². The van der Waals surface area contributed by atoms with Crippen molar-refractivity contribution < 1.29 is 4.79 Å². The topological polar surface area (TPSA) is 74.8 Å². The minimum Gasteiger partial charge on any atom is -0.353 e. The molecule has 152 valence electrons. The highest BCUT2D eigenvalue weighted by atomic mass is 32.2. The largest absolute Gasteiger partial charge is 0.353 e. The maximum atomic E-state index is 12.5. The minimum absolute atomic E-state index is 0.00187. The van der Waals surface area contributed by atoms with Gasteiger partial charge in [0.15, 0.2) is 0 Å². The molecule has 2 N–H and O–H groups in total. The predicted molar refractivity (Wildman–Crippen MR) is 117 cm³/mol. The van der Waals surface area contributed by atoms with Crippen LogP contribution >= 0.6 is 23.1 Å².